The average Bonchev–Trinajstić information content (AvgIpc) is 1.67. The van der Waals surface area contributed by atoms with Crippen LogP contribution in [0.25, 0.3) is 0 Å². The van der Waals surface area contributed by atoms with E-state index in [4.69, 9.17) is 10.8 Å². The Balaban J connectivity index is 0. The predicted octanol–water partition coefficient (Wildman–Crippen LogP) is 0.180. The molecule has 0 radical (unpaired) electrons. The largest absolute Gasteiger partial charge is 0.480 e. The van der Waals surface area contributed by atoms with Crippen LogP contribution in [-0.4, -0.2) is 23.3 Å². The molecular weight excluding hydrogens is 148 g/mol. The third-order valence-corrected chi connectivity index (χ3v) is 0.766. The van der Waals surface area contributed by atoms with E-state index >= 15 is 0 Å². The van der Waals surface area contributed by atoms with Crippen molar-refractivity contribution in [3.63, 3.8) is 0 Å². The summed E-state index contributed by atoms with van der Waals surface area (Å²) in [5, 5.41) is 8.08. The standard InChI is InChI=1S/C4H8FNO2.ClH/c1-4(6,2-5)3(7)8;/h2,6H2,1H3,(H,7,8);1H/t4-;/m0./s1/i5-1;. The summed E-state index contributed by atoms with van der Waals surface area (Å²) >= 11 is 0. The fourth-order valence-corrected chi connectivity index (χ4v) is 0.0572. The van der Waals surface area contributed by atoms with Crippen molar-refractivity contribution in [1.82, 2.24) is 0 Å². The Labute approximate surface area is 58.4 Å². The Morgan fingerprint density at radius 1 is 1.89 bits per heavy atom. The number of alkyl halides is 1. The summed E-state index contributed by atoms with van der Waals surface area (Å²) in [7, 11) is 0. The molecule has 0 saturated carbocycles. The van der Waals surface area contributed by atoms with Gasteiger partial charge in [-0.15, -0.1) is 12.4 Å². The summed E-state index contributed by atoms with van der Waals surface area (Å²) in [4.78, 5) is 9.89. The number of carboxylic acid groups (broad SMARTS) is 1. The van der Waals surface area contributed by atoms with Gasteiger partial charge in [-0.2, -0.15) is 0 Å². The van der Waals surface area contributed by atoms with Gasteiger partial charge in [0.1, 0.15) is 12.2 Å². The van der Waals surface area contributed by atoms with Crippen molar-refractivity contribution in [3.05, 3.63) is 0 Å². The van der Waals surface area contributed by atoms with Gasteiger partial charge in [-0.1, -0.05) is 0 Å². The maximum atomic E-state index is 11.5. The summed E-state index contributed by atoms with van der Waals surface area (Å²) in [6, 6.07) is 0. The number of aliphatic carboxylic acids is 1. The number of nitrogens with two attached hydrogens (primary N) is 1. The summed E-state index contributed by atoms with van der Waals surface area (Å²) in [6.45, 7) is 0.0810. The summed E-state index contributed by atoms with van der Waals surface area (Å²) in [6.07, 6.45) is 0. The Morgan fingerprint density at radius 3 is 2.22 bits per heavy atom. The molecule has 0 aliphatic rings. The molecule has 56 valence electrons. The first-order valence-electron chi connectivity index (χ1n) is 2.09. The normalized spacial score (nSPS) is 15.4. The van der Waals surface area contributed by atoms with Crippen molar-refractivity contribution in [2.45, 2.75) is 12.5 Å². The van der Waals surface area contributed by atoms with Crippen LogP contribution in [0.4, 0.5) is 4.39 Å². The maximum Gasteiger partial charge on any atom is 0.326 e. The topological polar surface area (TPSA) is 63.3 Å². The number of carbonyl (C=O) groups is 1. The molecule has 0 rings (SSSR count). The maximum absolute atomic E-state index is 11.5. The molecule has 0 saturated heterocycles. The fraction of sp³-hybridized carbons (Fsp3) is 0.750. The van der Waals surface area contributed by atoms with Crippen LogP contribution < -0.4 is 5.73 Å². The second kappa shape index (κ2) is 3.63. The van der Waals surface area contributed by atoms with E-state index in [9.17, 15) is 9.18 Å². The molecule has 0 aliphatic carbocycles. The van der Waals surface area contributed by atoms with Gasteiger partial charge in [-0.25, -0.2) is 4.39 Å². The van der Waals surface area contributed by atoms with Gasteiger partial charge in [0, 0.05) is 0 Å². The van der Waals surface area contributed by atoms with Crippen LogP contribution in [0.5, 0.6) is 0 Å². The average molecular weight is 157 g/mol. The van der Waals surface area contributed by atoms with Gasteiger partial charge >= 0.3 is 5.97 Å². The van der Waals surface area contributed by atoms with E-state index in [0.717, 1.165) is 6.92 Å². The third kappa shape index (κ3) is 3.26. The van der Waals surface area contributed by atoms with Gasteiger partial charge in [0.2, 0.25) is 0 Å². The van der Waals surface area contributed by atoms with Gasteiger partial charge in [0.25, 0.3) is 0 Å². The number of halogens is 2. The number of hydrogen-bond donors (Lipinski definition) is 2. The first-order valence-corrected chi connectivity index (χ1v) is 2.09. The van der Waals surface area contributed by atoms with Crippen molar-refractivity contribution in [2.24, 2.45) is 5.73 Å². The third-order valence-electron chi connectivity index (χ3n) is 0.766. The van der Waals surface area contributed by atoms with E-state index in [1.165, 1.54) is 0 Å². The molecule has 3 nitrogen and oxygen atoms in total. The lowest BCUT2D eigenvalue weighted by Gasteiger charge is -2.12. The predicted molar refractivity (Wildman–Crippen MR) is 33.5 cm³/mol. The zero-order valence-electron chi connectivity index (χ0n) is 4.93. The Hall–Kier alpha value is -0.350. The summed E-state index contributed by atoms with van der Waals surface area (Å²) < 4.78 is 11.5. The molecular formula is C4H9ClFNO2. The van der Waals surface area contributed by atoms with Gasteiger partial charge < -0.3 is 10.8 Å². The minimum Gasteiger partial charge on any atom is -0.480 e. The van der Waals surface area contributed by atoms with Crippen LogP contribution in [0.3, 0.4) is 0 Å². The molecule has 0 bridgehead atoms. The molecule has 1 atom stereocenters. The molecule has 0 amide bonds. The molecule has 0 unspecified atom stereocenters. The van der Waals surface area contributed by atoms with Crippen molar-refractivity contribution < 1.29 is 14.3 Å². The van der Waals surface area contributed by atoms with E-state index in [1.54, 1.807) is 0 Å². The van der Waals surface area contributed by atoms with Gasteiger partial charge in [-0.3, -0.25) is 4.79 Å². The lowest BCUT2D eigenvalue weighted by molar-refractivity contribution is -0.143. The SMILES string of the molecule is C[C@](N)(C[18F])C(=O)O.Cl. The minimum absolute atomic E-state index is 0. The van der Waals surface area contributed by atoms with Crippen LogP contribution in [0.15, 0.2) is 0 Å². The van der Waals surface area contributed by atoms with Crippen molar-refractivity contribution in [1.29, 1.82) is 0 Å². The monoisotopic (exact) mass is 156 g/mol. The van der Waals surface area contributed by atoms with Gasteiger partial charge in [0.05, 0.1) is 0 Å². The zero-order chi connectivity index (χ0) is 6.78. The second-order valence-corrected chi connectivity index (χ2v) is 1.86. The first-order chi connectivity index (χ1) is 3.50. The molecule has 9 heavy (non-hydrogen) atoms. The number of rotatable bonds is 2. The highest BCUT2D eigenvalue weighted by Crippen LogP contribution is 1.97. The molecule has 0 spiro atoms. The molecule has 5 heteroatoms. The zero-order valence-corrected chi connectivity index (χ0v) is 5.74. The Bertz CT molecular complexity index is 107. The van der Waals surface area contributed by atoms with Crippen molar-refractivity contribution in [3.8, 4) is 0 Å². The molecule has 0 fully saturated rings. The lowest BCUT2D eigenvalue weighted by Crippen LogP contribution is -2.46. The van der Waals surface area contributed by atoms with Gasteiger partial charge in [-0.05, 0) is 6.92 Å². The van der Waals surface area contributed by atoms with E-state index in [1.807, 2.05) is 0 Å². The van der Waals surface area contributed by atoms with E-state index < -0.39 is 18.2 Å². The smallest absolute Gasteiger partial charge is 0.326 e. The molecule has 0 aliphatic heterocycles. The highest BCUT2D eigenvalue weighted by atomic mass is 35.5. The molecule has 3 N–H and O–H groups in total. The number of carboxylic acids is 1. The van der Waals surface area contributed by atoms with Crippen LogP contribution in [0.1, 0.15) is 6.92 Å². The molecule has 0 aromatic rings. The molecule has 0 aromatic carbocycles. The quantitative estimate of drug-likeness (QED) is 0.600. The highest BCUT2D eigenvalue weighted by Gasteiger charge is 2.27. The first kappa shape index (κ1) is 11.4. The second-order valence-electron chi connectivity index (χ2n) is 1.86. The lowest BCUT2D eigenvalue weighted by atomic mass is 10.1. The Kier molecular flexibility index (Phi) is 4.62. The van der Waals surface area contributed by atoms with E-state index in [2.05, 4.69) is 0 Å². The number of hydrogen-bond acceptors (Lipinski definition) is 2. The van der Waals surface area contributed by atoms with Crippen molar-refractivity contribution >= 4 is 18.4 Å². The van der Waals surface area contributed by atoms with Crippen LogP contribution in [0, 0.1) is 0 Å². The summed E-state index contributed by atoms with van der Waals surface area (Å²) in [5.41, 5.74) is 3.18. The summed E-state index contributed by atoms with van der Waals surface area (Å²) in [5.74, 6) is -1.32. The Morgan fingerprint density at radius 2 is 2.22 bits per heavy atom. The van der Waals surface area contributed by atoms with Crippen molar-refractivity contribution in [2.75, 3.05) is 6.67 Å². The highest BCUT2D eigenvalue weighted by molar-refractivity contribution is 5.85. The molecule has 0 heterocycles. The van der Waals surface area contributed by atoms with Crippen LogP contribution in [0.2, 0.25) is 0 Å². The van der Waals surface area contributed by atoms with Crippen LogP contribution in [-0.2, 0) is 4.79 Å². The van der Waals surface area contributed by atoms with E-state index in [0.29, 0.717) is 0 Å². The van der Waals surface area contributed by atoms with Crippen LogP contribution >= 0.6 is 12.4 Å². The minimum atomic E-state index is -1.71. The molecule has 0 aromatic heterocycles. The fourth-order valence-electron chi connectivity index (χ4n) is 0.0572. The van der Waals surface area contributed by atoms with E-state index in [-0.39, 0.29) is 12.4 Å². The van der Waals surface area contributed by atoms with Gasteiger partial charge in [0.15, 0.2) is 0 Å².